The fourth-order valence-electron chi connectivity index (χ4n) is 4.45. The van der Waals surface area contributed by atoms with Gasteiger partial charge in [-0.15, -0.1) is 0 Å². The average molecular weight is 453 g/mol. The lowest BCUT2D eigenvalue weighted by atomic mass is 9.84. The highest BCUT2D eigenvalue weighted by molar-refractivity contribution is 5.00. The molecular weight excluding hydrogens is 416 g/mol. The van der Waals surface area contributed by atoms with Crippen molar-refractivity contribution in [2.24, 2.45) is 11.5 Å². The molecule has 1 aliphatic carbocycles. The topological polar surface area (TPSA) is 210 Å². The number of hydrogen-bond acceptors (Lipinski definition) is 12. The first-order valence-corrected chi connectivity index (χ1v) is 10.8. The van der Waals surface area contributed by atoms with Crippen LogP contribution in [0.4, 0.5) is 0 Å². The molecular formula is C19H36N2O10. The minimum Gasteiger partial charge on any atom is -0.391 e. The Morgan fingerprint density at radius 3 is 2.13 bits per heavy atom. The fourth-order valence-corrected chi connectivity index (χ4v) is 4.45. The van der Waals surface area contributed by atoms with E-state index in [1.165, 1.54) is 6.92 Å². The number of hydrogen-bond donors (Lipinski definition) is 8. The van der Waals surface area contributed by atoms with Crippen LogP contribution >= 0.6 is 0 Å². The lowest BCUT2D eigenvalue weighted by Crippen LogP contribution is -2.65. The summed E-state index contributed by atoms with van der Waals surface area (Å²) in [6.45, 7) is 3.20. The molecule has 0 aromatic carbocycles. The van der Waals surface area contributed by atoms with Gasteiger partial charge in [-0.1, -0.05) is 6.92 Å². The van der Waals surface area contributed by atoms with Gasteiger partial charge in [0.25, 0.3) is 0 Å². The van der Waals surface area contributed by atoms with Gasteiger partial charge in [-0.05, 0) is 19.8 Å². The molecule has 3 aliphatic rings. The van der Waals surface area contributed by atoms with Gasteiger partial charge in [-0.2, -0.15) is 0 Å². The van der Waals surface area contributed by atoms with E-state index in [-0.39, 0.29) is 12.8 Å². The molecule has 2 heterocycles. The van der Waals surface area contributed by atoms with Gasteiger partial charge >= 0.3 is 0 Å². The molecule has 14 atom stereocenters. The van der Waals surface area contributed by atoms with Crippen LogP contribution in [0.5, 0.6) is 0 Å². The molecule has 0 aromatic heterocycles. The third-order valence-corrected chi connectivity index (χ3v) is 6.34. The van der Waals surface area contributed by atoms with Crippen molar-refractivity contribution in [1.29, 1.82) is 0 Å². The molecule has 2 saturated heterocycles. The molecule has 182 valence electrons. The molecule has 0 bridgehead atoms. The van der Waals surface area contributed by atoms with Crippen molar-refractivity contribution >= 4 is 0 Å². The summed E-state index contributed by atoms with van der Waals surface area (Å²) in [5.41, 5.74) is 12.2. The Kier molecular flexibility index (Phi) is 8.27. The van der Waals surface area contributed by atoms with Crippen molar-refractivity contribution in [1.82, 2.24) is 0 Å². The van der Waals surface area contributed by atoms with Gasteiger partial charge in [-0.25, -0.2) is 0 Å². The van der Waals surface area contributed by atoms with E-state index in [0.29, 0.717) is 6.42 Å². The molecule has 7 unspecified atom stereocenters. The summed E-state index contributed by atoms with van der Waals surface area (Å²) in [5.74, 6) is 0. The van der Waals surface area contributed by atoms with Crippen LogP contribution in [0.1, 0.15) is 33.1 Å². The summed E-state index contributed by atoms with van der Waals surface area (Å²) in [6.07, 6.45) is -12.8. The van der Waals surface area contributed by atoms with E-state index >= 15 is 0 Å². The second kappa shape index (κ2) is 10.2. The van der Waals surface area contributed by atoms with Crippen molar-refractivity contribution in [2.75, 3.05) is 0 Å². The van der Waals surface area contributed by atoms with E-state index in [0.717, 1.165) is 0 Å². The maximum Gasteiger partial charge on any atom is 0.187 e. The summed E-state index contributed by atoms with van der Waals surface area (Å²) in [7, 11) is 0. The normalized spacial score (nSPS) is 52.3. The molecule has 0 radical (unpaired) electrons. The molecule has 31 heavy (non-hydrogen) atoms. The molecule has 2 aliphatic heterocycles. The van der Waals surface area contributed by atoms with Crippen molar-refractivity contribution in [3.63, 3.8) is 0 Å². The Bertz CT molecular complexity index is 586. The molecule has 0 aromatic rings. The molecule has 12 nitrogen and oxygen atoms in total. The quantitative estimate of drug-likeness (QED) is 0.195. The van der Waals surface area contributed by atoms with Gasteiger partial charge in [0.05, 0.1) is 24.4 Å². The Labute approximate surface area is 180 Å². The molecule has 10 N–H and O–H groups in total. The van der Waals surface area contributed by atoms with E-state index < -0.39 is 85.7 Å². The van der Waals surface area contributed by atoms with E-state index in [4.69, 9.17) is 30.4 Å². The molecule has 3 fully saturated rings. The van der Waals surface area contributed by atoms with E-state index in [1.54, 1.807) is 6.92 Å². The van der Waals surface area contributed by atoms with Gasteiger partial charge < -0.3 is 61.1 Å². The maximum atomic E-state index is 10.7. The average Bonchev–Trinajstić information content (AvgIpc) is 2.98. The number of ether oxygens (including phenoxy) is 4. The third kappa shape index (κ3) is 5.21. The van der Waals surface area contributed by atoms with Crippen molar-refractivity contribution < 1.29 is 49.6 Å². The Morgan fingerprint density at radius 1 is 0.871 bits per heavy atom. The molecule has 1 saturated carbocycles. The summed E-state index contributed by atoms with van der Waals surface area (Å²) < 4.78 is 22.9. The van der Waals surface area contributed by atoms with Gasteiger partial charge in [0.1, 0.15) is 36.6 Å². The highest BCUT2D eigenvalue weighted by Gasteiger charge is 2.51. The zero-order valence-corrected chi connectivity index (χ0v) is 17.7. The summed E-state index contributed by atoms with van der Waals surface area (Å²) >= 11 is 0. The smallest absolute Gasteiger partial charge is 0.187 e. The molecule has 0 spiro atoms. The standard InChI is InChI=1S/C19H36N2O10/c1-3-10-14(26)15(27)19(28-10)31-18-12(24)7(20)4-8(21)17(18)30-11-5-9(23)13(25)16(29-11)6(2)22/h6-19,22-27H,3-5,20-21H2,1-2H3/t6-,7-,8?,9?,10-,11-,12?,13+,14?,15?,16?,17-,18?,19+/m1/s1. The predicted octanol–water partition coefficient (Wildman–Crippen LogP) is -3.75. The van der Waals surface area contributed by atoms with Gasteiger partial charge in [-0.3, -0.25) is 0 Å². The van der Waals surface area contributed by atoms with Crippen LogP contribution in [0.15, 0.2) is 0 Å². The van der Waals surface area contributed by atoms with Crippen molar-refractivity contribution in [3.8, 4) is 0 Å². The van der Waals surface area contributed by atoms with Crippen LogP contribution in [0.2, 0.25) is 0 Å². The number of rotatable bonds is 6. The second-order valence-corrected chi connectivity index (χ2v) is 8.75. The largest absolute Gasteiger partial charge is 0.391 e. The minimum atomic E-state index is -1.34. The zero-order chi connectivity index (χ0) is 23.0. The minimum absolute atomic E-state index is 0.0956. The summed E-state index contributed by atoms with van der Waals surface area (Å²) in [6, 6.07) is -1.42. The van der Waals surface area contributed by atoms with Gasteiger partial charge in [0.2, 0.25) is 0 Å². The van der Waals surface area contributed by atoms with Crippen LogP contribution in [-0.2, 0) is 18.9 Å². The van der Waals surface area contributed by atoms with Crippen LogP contribution in [0.3, 0.4) is 0 Å². The highest BCUT2D eigenvalue weighted by atomic mass is 16.7. The predicted molar refractivity (Wildman–Crippen MR) is 104 cm³/mol. The van der Waals surface area contributed by atoms with Gasteiger partial charge in [0.15, 0.2) is 12.6 Å². The van der Waals surface area contributed by atoms with E-state index in [9.17, 15) is 30.6 Å². The number of aliphatic hydroxyl groups is 6. The number of aliphatic hydroxyl groups excluding tert-OH is 6. The lowest BCUT2D eigenvalue weighted by Gasteiger charge is -2.46. The Hall–Kier alpha value is -0.480. The maximum absolute atomic E-state index is 10.7. The first-order valence-electron chi connectivity index (χ1n) is 10.8. The number of nitrogens with two attached hydrogens (primary N) is 2. The molecule has 0 amide bonds. The first kappa shape index (κ1) is 25.1. The Morgan fingerprint density at radius 2 is 1.55 bits per heavy atom. The summed E-state index contributed by atoms with van der Waals surface area (Å²) in [5, 5.41) is 61.1. The SMILES string of the molecule is CC[C@H]1O[C@@H](OC2C(O)[C@H](N)CC(N)[C@H]2O[C@@H]2CC(O)[C@H](O)C([C@@H](C)O)O2)C(O)C1O. The van der Waals surface area contributed by atoms with Crippen LogP contribution in [0.25, 0.3) is 0 Å². The fraction of sp³-hybridized carbons (Fsp3) is 1.00. The van der Waals surface area contributed by atoms with Gasteiger partial charge in [0, 0.05) is 18.5 Å². The Balaban J connectivity index is 1.75. The van der Waals surface area contributed by atoms with Crippen LogP contribution in [0, 0.1) is 0 Å². The first-order chi connectivity index (χ1) is 14.5. The zero-order valence-electron chi connectivity index (χ0n) is 17.7. The molecule has 3 rings (SSSR count). The van der Waals surface area contributed by atoms with Crippen molar-refractivity contribution in [3.05, 3.63) is 0 Å². The van der Waals surface area contributed by atoms with E-state index in [1.807, 2.05) is 0 Å². The van der Waals surface area contributed by atoms with Crippen LogP contribution in [-0.4, -0.2) is 116 Å². The lowest BCUT2D eigenvalue weighted by molar-refractivity contribution is -0.310. The highest BCUT2D eigenvalue weighted by Crippen LogP contribution is 2.33. The third-order valence-electron chi connectivity index (χ3n) is 6.34. The van der Waals surface area contributed by atoms with Crippen LogP contribution < -0.4 is 11.5 Å². The van der Waals surface area contributed by atoms with E-state index in [2.05, 4.69) is 0 Å². The monoisotopic (exact) mass is 452 g/mol. The molecule has 12 heteroatoms. The van der Waals surface area contributed by atoms with Crippen molar-refractivity contribution in [2.45, 2.75) is 119 Å². The second-order valence-electron chi connectivity index (χ2n) is 8.75. The summed E-state index contributed by atoms with van der Waals surface area (Å²) in [4.78, 5) is 0.